The van der Waals surface area contributed by atoms with Gasteiger partial charge in [-0.2, -0.15) is 0 Å². The van der Waals surface area contributed by atoms with Crippen LogP contribution in [0.2, 0.25) is 0 Å². The van der Waals surface area contributed by atoms with Crippen molar-refractivity contribution in [2.45, 2.75) is 26.4 Å². The second-order valence-electron chi connectivity index (χ2n) is 5.30. The molecule has 1 aromatic carbocycles. The fraction of sp³-hybridized carbons (Fsp3) is 0.385. The van der Waals surface area contributed by atoms with Crippen molar-refractivity contribution in [1.82, 2.24) is 4.72 Å². The van der Waals surface area contributed by atoms with Gasteiger partial charge >= 0.3 is 6.09 Å². The van der Waals surface area contributed by atoms with Crippen LogP contribution in [0.5, 0.6) is 5.75 Å². The van der Waals surface area contributed by atoms with Crippen LogP contribution < -0.4 is 4.72 Å². The first-order valence-corrected chi connectivity index (χ1v) is 7.70. The second-order valence-corrected chi connectivity index (χ2v) is 7.03. The number of carbonyl (C=O) groups is 2. The quantitative estimate of drug-likeness (QED) is 0.813. The summed E-state index contributed by atoms with van der Waals surface area (Å²) in [5.74, 6) is -2.12. The largest absolute Gasteiger partial charge is 0.507 e. The fourth-order valence-electron chi connectivity index (χ4n) is 1.42. The van der Waals surface area contributed by atoms with Crippen LogP contribution in [0.15, 0.2) is 24.3 Å². The molecule has 8 heteroatoms. The van der Waals surface area contributed by atoms with Crippen molar-refractivity contribution in [3.8, 4) is 5.75 Å². The summed E-state index contributed by atoms with van der Waals surface area (Å²) >= 11 is 0. The van der Waals surface area contributed by atoms with Crippen molar-refractivity contribution >= 4 is 21.9 Å². The number of benzene rings is 1. The number of phenolic OH excluding ortho intramolecular Hbond substituents is 1. The van der Waals surface area contributed by atoms with E-state index < -0.39 is 33.3 Å². The molecule has 1 amide bonds. The lowest BCUT2D eigenvalue weighted by Gasteiger charge is -2.19. The highest BCUT2D eigenvalue weighted by atomic mass is 32.2. The topological polar surface area (TPSA) is 110 Å². The molecule has 7 nitrogen and oxygen atoms in total. The number of rotatable bonds is 4. The number of para-hydroxylation sites is 1. The lowest BCUT2D eigenvalue weighted by Crippen LogP contribution is -2.39. The molecule has 0 radical (unpaired) electrons. The molecule has 0 spiro atoms. The molecule has 0 saturated carbocycles. The lowest BCUT2D eigenvalue weighted by molar-refractivity contribution is 0.0570. The molecule has 1 rings (SSSR count). The van der Waals surface area contributed by atoms with Crippen molar-refractivity contribution in [1.29, 1.82) is 0 Å². The molecule has 0 atom stereocenters. The van der Waals surface area contributed by atoms with Crippen LogP contribution in [0.25, 0.3) is 0 Å². The van der Waals surface area contributed by atoms with Crippen molar-refractivity contribution in [3.05, 3.63) is 29.8 Å². The van der Waals surface area contributed by atoms with Crippen molar-refractivity contribution < 1.29 is 27.9 Å². The summed E-state index contributed by atoms with van der Waals surface area (Å²) in [4.78, 5) is 23.2. The summed E-state index contributed by atoms with van der Waals surface area (Å²) in [6, 6.07) is 5.54. The van der Waals surface area contributed by atoms with E-state index >= 15 is 0 Å². The highest BCUT2D eigenvalue weighted by Crippen LogP contribution is 2.16. The molecule has 1 aromatic rings. The van der Waals surface area contributed by atoms with Gasteiger partial charge in [0.25, 0.3) is 0 Å². The minimum Gasteiger partial charge on any atom is -0.507 e. The first-order chi connectivity index (χ1) is 9.50. The van der Waals surface area contributed by atoms with Gasteiger partial charge < -0.3 is 9.84 Å². The summed E-state index contributed by atoms with van der Waals surface area (Å²) in [5, 5.41) is 9.48. The van der Waals surface area contributed by atoms with E-state index in [9.17, 15) is 23.1 Å². The Morgan fingerprint density at radius 3 is 2.33 bits per heavy atom. The van der Waals surface area contributed by atoms with Crippen LogP contribution in [-0.4, -0.2) is 36.8 Å². The molecule has 0 fully saturated rings. The summed E-state index contributed by atoms with van der Waals surface area (Å²) < 4.78 is 29.9. The summed E-state index contributed by atoms with van der Waals surface area (Å²) in [6.07, 6.45) is -1.16. The van der Waals surface area contributed by atoms with Gasteiger partial charge in [0.05, 0.1) is 5.56 Å². The van der Waals surface area contributed by atoms with Gasteiger partial charge in [0, 0.05) is 0 Å². The van der Waals surface area contributed by atoms with Gasteiger partial charge in [-0.1, -0.05) is 12.1 Å². The van der Waals surface area contributed by atoms with E-state index in [1.54, 1.807) is 25.5 Å². The first kappa shape index (κ1) is 17.0. The number of Topliss-reactive ketones (excluding diaryl/α,β-unsaturated/α-hetero) is 1. The average Bonchev–Trinajstić information content (AvgIpc) is 2.24. The number of aromatic hydroxyl groups is 1. The van der Waals surface area contributed by atoms with Gasteiger partial charge in [-0.25, -0.2) is 17.9 Å². The lowest BCUT2D eigenvalue weighted by atomic mass is 10.1. The maximum Gasteiger partial charge on any atom is 0.421 e. The number of sulfonamides is 1. The predicted molar refractivity (Wildman–Crippen MR) is 75.6 cm³/mol. The number of hydrogen-bond donors (Lipinski definition) is 2. The molecule has 0 aliphatic rings. The van der Waals surface area contributed by atoms with E-state index in [1.807, 2.05) is 0 Å². The van der Waals surface area contributed by atoms with E-state index in [0.717, 1.165) is 0 Å². The van der Waals surface area contributed by atoms with Gasteiger partial charge in [0.2, 0.25) is 10.0 Å². The van der Waals surface area contributed by atoms with Crippen molar-refractivity contribution in [3.63, 3.8) is 0 Å². The Kier molecular flexibility index (Phi) is 4.95. The molecule has 2 N–H and O–H groups in total. The normalized spacial score (nSPS) is 11.8. The zero-order valence-electron chi connectivity index (χ0n) is 11.9. The average molecular weight is 315 g/mol. The monoisotopic (exact) mass is 315 g/mol. The standard InChI is InChI=1S/C13H17NO6S/c1-13(2,3)20-12(17)14-21(18,19)8-11(16)9-6-4-5-7-10(9)15/h4-7,15H,8H2,1-3H3,(H,14,17). The number of ketones is 1. The summed E-state index contributed by atoms with van der Waals surface area (Å²) in [5.41, 5.74) is -0.992. The molecule has 0 aliphatic heterocycles. The molecular formula is C13H17NO6S. The molecule has 0 bridgehead atoms. The van der Waals surface area contributed by atoms with Crippen LogP contribution in [0, 0.1) is 0 Å². The number of amides is 1. The third-order valence-electron chi connectivity index (χ3n) is 2.16. The van der Waals surface area contributed by atoms with Gasteiger partial charge in [0.15, 0.2) is 5.78 Å². The third-order valence-corrected chi connectivity index (χ3v) is 3.28. The Hall–Kier alpha value is -2.09. The minimum absolute atomic E-state index is 0.132. The molecular weight excluding hydrogens is 298 g/mol. The maximum atomic E-state index is 11.8. The molecule has 0 unspecified atom stereocenters. The summed E-state index contributed by atoms with van der Waals surface area (Å²) in [7, 11) is -4.20. The predicted octanol–water partition coefficient (Wildman–Crippen LogP) is 1.43. The van der Waals surface area contributed by atoms with Crippen LogP contribution in [0.1, 0.15) is 31.1 Å². The number of carbonyl (C=O) groups excluding carboxylic acids is 2. The Bertz CT molecular complexity index is 645. The number of nitrogens with one attached hydrogen (secondary N) is 1. The third kappa shape index (κ3) is 5.82. The minimum atomic E-state index is -4.20. The van der Waals surface area contributed by atoms with Crippen LogP contribution in [0.3, 0.4) is 0 Å². The second kappa shape index (κ2) is 6.13. The molecule has 0 aromatic heterocycles. The Labute approximate surface area is 123 Å². The highest BCUT2D eigenvalue weighted by Gasteiger charge is 2.25. The Morgan fingerprint density at radius 2 is 1.81 bits per heavy atom. The van der Waals surface area contributed by atoms with Crippen LogP contribution in [-0.2, 0) is 14.8 Å². The van der Waals surface area contributed by atoms with E-state index in [2.05, 4.69) is 0 Å². The fourth-order valence-corrected chi connectivity index (χ4v) is 2.29. The van der Waals surface area contributed by atoms with E-state index in [0.29, 0.717) is 0 Å². The zero-order chi connectivity index (χ0) is 16.3. The Balaban J connectivity index is 2.75. The number of phenols is 1. The maximum absolute atomic E-state index is 11.8. The molecule has 0 aliphatic carbocycles. The molecule has 0 saturated heterocycles. The van der Waals surface area contributed by atoms with Gasteiger partial charge in [-0.05, 0) is 32.9 Å². The van der Waals surface area contributed by atoms with Crippen molar-refractivity contribution in [2.24, 2.45) is 0 Å². The number of ether oxygens (including phenoxy) is 1. The number of hydrogen-bond acceptors (Lipinski definition) is 6. The zero-order valence-corrected chi connectivity index (χ0v) is 12.7. The van der Waals surface area contributed by atoms with Crippen LogP contribution in [0.4, 0.5) is 4.79 Å². The van der Waals surface area contributed by atoms with Crippen molar-refractivity contribution in [2.75, 3.05) is 5.75 Å². The molecule has 0 heterocycles. The van der Waals surface area contributed by atoms with Crippen LogP contribution >= 0.6 is 0 Å². The van der Waals surface area contributed by atoms with E-state index in [-0.39, 0.29) is 11.3 Å². The SMILES string of the molecule is CC(C)(C)OC(=O)NS(=O)(=O)CC(=O)c1ccccc1O. The van der Waals surface area contributed by atoms with Gasteiger partial charge in [-0.3, -0.25) is 4.79 Å². The van der Waals surface area contributed by atoms with Gasteiger partial charge in [-0.15, -0.1) is 0 Å². The van der Waals surface area contributed by atoms with E-state index in [1.165, 1.54) is 24.3 Å². The smallest absolute Gasteiger partial charge is 0.421 e. The Morgan fingerprint density at radius 1 is 1.24 bits per heavy atom. The first-order valence-electron chi connectivity index (χ1n) is 6.05. The van der Waals surface area contributed by atoms with Gasteiger partial charge in [0.1, 0.15) is 17.1 Å². The highest BCUT2D eigenvalue weighted by molar-refractivity contribution is 7.90. The van der Waals surface area contributed by atoms with E-state index in [4.69, 9.17) is 4.74 Å². The molecule has 21 heavy (non-hydrogen) atoms. The molecule has 116 valence electrons. The summed E-state index contributed by atoms with van der Waals surface area (Å²) in [6.45, 7) is 4.73.